The zero-order valence-corrected chi connectivity index (χ0v) is 14.8. The van der Waals surface area contributed by atoms with Gasteiger partial charge in [0.15, 0.2) is 6.61 Å². The zero-order chi connectivity index (χ0) is 18.2. The van der Waals surface area contributed by atoms with E-state index in [2.05, 4.69) is 10.9 Å². The lowest BCUT2D eigenvalue weighted by atomic mass is 10.1. The molecule has 0 aliphatic heterocycles. The quantitative estimate of drug-likeness (QED) is 0.613. The second kappa shape index (κ2) is 9.08. The Balaban J connectivity index is 1.68. The fourth-order valence-corrected chi connectivity index (χ4v) is 2.75. The second-order valence-electron chi connectivity index (χ2n) is 5.45. The van der Waals surface area contributed by atoms with Gasteiger partial charge in [-0.15, -0.1) is 11.8 Å². The van der Waals surface area contributed by atoms with Gasteiger partial charge in [0, 0.05) is 4.90 Å². The van der Waals surface area contributed by atoms with Crippen LogP contribution in [-0.2, 0) is 9.59 Å². The molecule has 0 heterocycles. The summed E-state index contributed by atoms with van der Waals surface area (Å²) in [5, 5.41) is 0. The van der Waals surface area contributed by atoms with Crippen molar-refractivity contribution in [3.63, 3.8) is 0 Å². The highest BCUT2D eigenvalue weighted by molar-refractivity contribution is 8.00. The molecule has 0 saturated heterocycles. The average Bonchev–Trinajstić information content (AvgIpc) is 2.57. The molecule has 2 aromatic carbocycles. The number of thioether (sulfide) groups is 1. The standard InChI is InChI=1S/C18H19FN2O3S/c1-12-7-13(2)9-15(8-12)24-10-17(22)20-21-18(23)11-25-16-5-3-14(19)4-6-16/h3-9H,10-11H2,1-2H3,(H,20,22)(H,21,23). The van der Waals surface area contributed by atoms with Crippen molar-refractivity contribution in [2.75, 3.05) is 12.4 Å². The van der Waals surface area contributed by atoms with Gasteiger partial charge in [0.25, 0.3) is 5.91 Å². The monoisotopic (exact) mass is 362 g/mol. The van der Waals surface area contributed by atoms with E-state index in [-0.39, 0.29) is 24.1 Å². The van der Waals surface area contributed by atoms with E-state index >= 15 is 0 Å². The molecule has 2 N–H and O–H groups in total. The number of ether oxygens (including phenoxy) is 1. The Kier molecular flexibility index (Phi) is 6.82. The zero-order valence-electron chi connectivity index (χ0n) is 14.0. The van der Waals surface area contributed by atoms with Gasteiger partial charge in [0.05, 0.1) is 5.75 Å². The Morgan fingerprint density at radius 2 is 1.60 bits per heavy atom. The lowest BCUT2D eigenvalue weighted by Crippen LogP contribution is -2.44. The summed E-state index contributed by atoms with van der Waals surface area (Å²) in [6.45, 7) is 3.69. The van der Waals surface area contributed by atoms with E-state index in [0.29, 0.717) is 5.75 Å². The summed E-state index contributed by atoms with van der Waals surface area (Å²) in [6, 6.07) is 11.5. The number of amides is 2. The Hall–Kier alpha value is -2.54. The lowest BCUT2D eigenvalue weighted by molar-refractivity contribution is -0.128. The van der Waals surface area contributed by atoms with Crippen LogP contribution in [0.4, 0.5) is 4.39 Å². The molecule has 0 radical (unpaired) electrons. The van der Waals surface area contributed by atoms with E-state index < -0.39 is 5.91 Å². The summed E-state index contributed by atoms with van der Waals surface area (Å²) in [5.74, 6) is -0.451. The molecule has 0 saturated carbocycles. The fraction of sp³-hybridized carbons (Fsp3) is 0.222. The van der Waals surface area contributed by atoms with E-state index in [1.807, 2.05) is 32.0 Å². The molecule has 2 aromatic rings. The molecule has 7 heteroatoms. The number of nitrogens with one attached hydrogen (secondary N) is 2. The van der Waals surface area contributed by atoms with Crippen LogP contribution in [0.3, 0.4) is 0 Å². The fourth-order valence-electron chi connectivity index (χ4n) is 2.06. The third kappa shape index (κ3) is 6.84. The molecule has 0 bridgehead atoms. The van der Waals surface area contributed by atoms with E-state index in [9.17, 15) is 14.0 Å². The van der Waals surface area contributed by atoms with Gasteiger partial charge in [-0.2, -0.15) is 0 Å². The van der Waals surface area contributed by atoms with Crippen LogP contribution in [0.5, 0.6) is 5.75 Å². The first-order chi connectivity index (χ1) is 11.9. The van der Waals surface area contributed by atoms with E-state index in [0.717, 1.165) is 16.0 Å². The van der Waals surface area contributed by atoms with Crippen molar-refractivity contribution in [3.05, 3.63) is 59.4 Å². The summed E-state index contributed by atoms with van der Waals surface area (Å²) in [5.41, 5.74) is 6.69. The van der Waals surface area contributed by atoms with E-state index in [1.54, 1.807) is 12.1 Å². The first-order valence-corrected chi connectivity index (χ1v) is 8.58. The summed E-state index contributed by atoms with van der Waals surface area (Å²) >= 11 is 1.24. The SMILES string of the molecule is Cc1cc(C)cc(OCC(=O)NNC(=O)CSc2ccc(F)cc2)c1. The van der Waals surface area contributed by atoms with Crippen molar-refractivity contribution in [1.82, 2.24) is 10.9 Å². The van der Waals surface area contributed by atoms with Gasteiger partial charge in [0.1, 0.15) is 11.6 Å². The maximum atomic E-state index is 12.8. The first kappa shape index (κ1) is 18.8. The summed E-state index contributed by atoms with van der Waals surface area (Å²) < 4.78 is 18.2. The molecular formula is C18H19FN2O3S. The minimum atomic E-state index is -0.459. The maximum absolute atomic E-state index is 12.8. The summed E-state index contributed by atoms with van der Waals surface area (Å²) in [4.78, 5) is 24.2. The van der Waals surface area contributed by atoms with Gasteiger partial charge >= 0.3 is 0 Å². The van der Waals surface area contributed by atoms with Crippen molar-refractivity contribution >= 4 is 23.6 Å². The number of benzene rings is 2. The van der Waals surface area contributed by atoms with Gasteiger partial charge in [-0.1, -0.05) is 6.07 Å². The van der Waals surface area contributed by atoms with Crippen LogP contribution in [0.15, 0.2) is 47.4 Å². The molecule has 2 amide bonds. The van der Waals surface area contributed by atoms with Crippen molar-refractivity contribution in [3.8, 4) is 5.75 Å². The number of aryl methyl sites for hydroxylation is 2. The Morgan fingerprint density at radius 1 is 1.00 bits per heavy atom. The number of hydrogen-bond donors (Lipinski definition) is 2. The van der Waals surface area contributed by atoms with Crippen LogP contribution < -0.4 is 15.6 Å². The van der Waals surface area contributed by atoms with Crippen LogP contribution >= 0.6 is 11.8 Å². The lowest BCUT2D eigenvalue weighted by Gasteiger charge is -2.10. The van der Waals surface area contributed by atoms with E-state index in [4.69, 9.17) is 4.74 Å². The smallest absolute Gasteiger partial charge is 0.276 e. The minimum Gasteiger partial charge on any atom is -0.484 e. The van der Waals surface area contributed by atoms with Crippen LogP contribution in [-0.4, -0.2) is 24.2 Å². The summed E-state index contributed by atoms with van der Waals surface area (Å²) in [6.07, 6.45) is 0. The third-order valence-corrected chi connectivity index (χ3v) is 4.10. The number of carbonyl (C=O) groups excluding carboxylic acids is 2. The highest BCUT2D eigenvalue weighted by Gasteiger charge is 2.07. The minimum absolute atomic E-state index is 0.101. The van der Waals surface area contributed by atoms with Gasteiger partial charge in [-0.25, -0.2) is 4.39 Å². The summed E-state index contributed by atoms with van der Waals surface area (Å²) in [7, 11) is 0. The molecule has 0 fully saturated rings. The Morgan fingerprint density at radius 3 is 2.24 bits per heavy atom. The van der Waals surface area contributed by atoms with Crippen LogP contribution in [0.2, 0.25) is 0 Å². The number of hydrazine groups is 1. The number of rotatable bonds is 6. The number of carbonyl (C=O) groups is 2. The van der Waals surface area contributed by atoms with Gasteiger partial charge in [-0.05, 0) is 61.4 Å². The molecular weight excluding hydrogens is 343 g/mol. The third-order valence-electron chi connectivity index (χ3n) is 3.09. The number of halogens is 1. The molecule has 0 spiro atoms. The normalized spacial score (nSPS) is 10.2. The molecule has 25 heavy (non-hydrogen) atoms. The van der Waals surface area contributed by atoms with Gasteiger partial charge in [0.2, 0.25) is 5.91 Å². The Labute approximate surface area is 149 Å². The molecule has 0 aromatic heterocycles. The first-order valence-electron chi connectivity index (χ1n) is 7.59. The topological polar surface area (TPSA) is 67.4 Å². The largest absolute Gasteiger partial charge is 0.484 e. The Bertz CT molecular complexity index is 730. The van der Waals surface area contributed by atoms with Crippen molar-refractivity contribution in [2.24, 2.45) is 0 Å². The maximum Gasteiger partial charge on any atom is 0.276 e. The second-order valence-corrected chi connectivity index (χ2v) is 6.50. The van der Waals surface area contributed by atoms with Crippen molar-refractivity contribution < 1.29 is 18.7 Å². The van der Waals surface area contributed by atoms with E-state index in [1.165, 1.54) is 23.9 Å². The molecule has 0 unspecified atom stereocenters. The van der Waals surface area contributed by atoms with Crippen LogP contribution in [0.25, 0.3) is 0 Å². The number of hydrogen-bond acceptors (Lipinski definition) is 4. The van der Waals surface area contributed by atoms with Crippen molar-refractivity contribution in [1.29, 1.82) is 0 Å². The molecule has 132 valence electrons. The van der Waals surface area contributed by atoms with Crippen LogP contribution in [0.1, 0.15) is 11.1 Å². The highest BCUT2D eigenvalue weighted by Crippen LogP contribution is 2.17. The molecule has 5 nitrogen and oxygen atoms in total. The average molecular weight is 362 g/mol. The highest BCUT2D eigenvalue weighted by atomic mass is 32.2. The molecule has 2 rings (SSSR count). The predicted molar refractivity (Wildman–Crippen MR) is 94.8 cm³/mol. The van der Waals surface area contributed by atoms with Gasteiger partial charge in [-0.3, -0.25) is 20.4 Å². The molecule has 0 atom stereocenters. The van der Waals surface area contributed by atoms with Crippen molar-refractivity contribution in [2.45, 2.75) is 18.7 Å². The predicted octanol–water partition coefficient (Wildman–Crippen LogP) is 2.76. The van der Waals surface area contributed by atoms with Crippen LogP contribution in [0, 0.1) is 19.7 Å². The molecule has 0 aliphatic rings. The molecule has 0 aliphatic carbocycles. The van der Waals surface area contributed by atoms with Gasteiger partial charge < -0.3 is 4.74 Å².